The molecule has 0 radical (unpaired) electrons. The van der Waals surface area contributed by atoms with Gasteiger partial charge in [-0.1, -0.05) is 0 Å². The molecule has 0 spiro atoms. The molecular formula is C10H21NO9. The maximum atomic E-state index is 10.2. The Hall–Kier alpha value is -0.850. The molecule has 10 heteroatoms. The predicted molar refractivity (Wildman–Crippen MR) is 63.6 cm³/mol. The summed E-state index contributed by atoms with van der Waals surface area (Å²) in [4.78, 5) is 10.2. The first kappa shape index (κ1) is 19.1. The number of carboxylic acids is 1. The van der Waals surface area contributed by atoms with E-state index in [2.05, 4.69) is 10.1 Å². The van der Waals surface area contributed by atoms with E-state index in [0.717, 1.165) is 0 Å². The van der Waals surface area contributed by atoms with Crippen LogP contribution in [0.15, 0.2) is 0 Å². The number of aliphatic hydroxyl groups excluding tert-OH is 6. The fraction of sp³-hybridized carbons (Fsp3) is 0.900. The van der Waals surface area contributed by atoms with Crippen LogP contribution in [0.4, 0.5) is 0 Å². The Bertz CT molecular complexity index is 273. The molecule has 0 aromatic rings. The molecule has 0 saturated carbocycles. The van der Waals surface area contributed by atoms with Gasteiger partial charge in [-0.05, 0) is 0 Å². The summed E-state index contributed by atoms with van der Waals surface area (Å²) < 4.78 is 4.43. The van der Waals surface area contributed by atoms with Crippen molar-refractivity contribution in [2.24, 2.45) is 0 Å². The number of nitrogens with one attached hydrogen (secondary N) is 1. The largest absolute Gasteiger partial charge is 0.479 e. The standard InChI is InChI=1S/C6H10O7.C4H11NO2/c7-1-2(8)6(12)13-4(1)3(9)5(10)11;6-3-1-5-2-4-7/h1-4,6-9,12H,(H,10,11);5-7H,1-4H2/t1-,2-,3+,4+,6+;/m1./s1. The first-order valence-electron chi connectivity index (χ1n) is 5.89. The van der Waals surface area contributed by atoms with Crippen LogP contribution in [0.1, 0.15) is 0 Å². The molecule has 20 heavy (non-hydrogen) atoms. The maximum Gasteiger partial charge on any atom is 0.335 e. The molecule has 120 valence electrons. The Balaban J connectivity index is 0.000000441. The Labute approximate surface area is 114 Å². The lowest BCUT2D eigenvalue weighted by molar-refractivity contribution is -0.170. The molecule has 1 aliphatic rings. The molecule has 0 amide bonds. The highest BCUT2D eigenvalue weighted by Crippen LogP contribution is 2.22. The molecule has 0 unspecified atom stereocenters. The van der Waals surface area contributed by atoms with Crippen LogP contribution in [-0.4, -0.2) is 98.7 Å². The highest BCUT2D eigenvalue weighted by atomic mass is 16.7. The lowest BCUT2D eigenvalue weighted by Gasteiger charge is -2.16. The lowest BCUT2D eigenvalue weighted by atomic mass is 10.1. The van der Waals surface area contributed by atoms with Gasteiger partial charge in [0, 0.05) is 13.1 Å². The van der Waals surface area contributed by atoms with Gasteiger partial charge in [0.25, 0.3) is 0 Å². The van der Waals surface area contributed by atoms with Gasteiger partial charge in [0.2, 0.25) is 0 Å². The molecule has 8 N–H and O–H groups in total. The second-order valence-electron chi connectivity index (χ2n) is 3.95. The van der Waals surface area contributed by atoms with Gasteiger partial charge in [-0.15, -0.1) is 0 Å². The third-order valence-corrected chi connectivity index (χ3v) is 2.42. The normalized spacial score (nSPS) is 30.5. The van der Waals surface area contributed by atoms with Crippen molar-refractivity contribution in [2.45, 2.75) is 30.7 Å². The fourth-order valence-electron chi connectivity index (χ4n) is 1.37. The van der Waals surface area contributed by atoms with Gasteiger partial charge in [-0.3, -0.25) is 0 Å². The van der Waals surface area contributed by atoms with Gasteiger partial charge < -0.3 is 45.8 Å². The van der Waals surface area contributed by atoms with Crippen molar-refractivity contribution >= 4 is 5.97 Å². The number of hydrogen-bond donors (Lipinski definition) is 8. The van der Waals surface area contributed by atoms with Crippen LogP contribution in [0.25, 0.3) is 0 Å². The van der Waals surface area contributed by atoms with Gasteiger partial charge in [0.05, 0.1) is 13.2 Å². The summed E-state index contributed by atoms with van der Waals surface area (Å²) in [6.07, 6.45) is -8.36. The van der Waals surface area contributed by atoms with Crippen molar-refractivity contribution in [1.29, 1.82) is 0 Å². The van der Waals surface area contributed by atoms with Crippen molar-refractivity contribution < 1.29 is 45.3 Å². The average Bonchev–Trinajstić information content (AvgIpc) is 2.67. The zero-order valence-electron chi connectivity index (χ0n) is 10.7. The molecule has 1 rings (SSSR count). The third kappa shape index (κ3) is 6.07. The second kappa shape index (κ2) is 9.96. The van der Waals surface area contributed by atoms with Crippen LogP contribution in [-0.2, 0) is 9.53 Å². The maximum absolute atomic E-state index is 10.2. The predicted octanol–water partition coefficient (Wildman–Crippen LogP) is -4.57. The van der Waals surface area contributed by atoms with Crippen molar-refractivity contribution in [3.05, 3.63) is 0 Å². The quantitative estimate of drug-likeness (QED) is 0.222. The molecular weight excluding hydrogens is 278 g/mol. The molecule has 10 nitrogen and oxygen atoms in total. The van der Waals surface area contributed by atoms with Crippen molar-refractivity contribution in [2.75, 3.05) is 26.3 Å². The van der Waals surface area contributed by atoms with Crippen molar-refractivity contribution in [3.63, 3.8) is 0 Å². The number of carbonyl (C=O) groups is 1. The molecule has 0 aliphatic carbocycles. The Morgan fingerprint density at radius 2 is 1.60 bits per heavy atom. The summed E-state index contributed by atoms with van der Waals surface area (Å²) in [5, 5.41) is 63.2. The highest BCUT2D eigenvalue weighted by Gasteiger charge is 2.47. The third-order valence-electron chi connectivity index (χ3n) is 2.42. The van der Waals surface area contributed by atoms with Crippen molar-refractivity contribution in [1.82, 2.24) is 5.32 Å². The number of carboxylic acid groups (broad SMARTS) is 1. The zero-order valence-corrected chi connectivity index (χ0v) is 10.7. The minimum atomic E-state index is -1.97. The topological polar surface area (TPSA) is 180 Å². The van der Waals surface area contributed by atoms with Gasteiger partial charge in [-0.2, -0.15) is 0 Å². The van der Waals surface area contributed by atoms with E-state index in [1.165, 1.54) is 0 Å². The van der Waals surface area contributed by atoms with Crippen LogP contribution < -0.4 is 5.32 Å². The molecule has 1 saturated heterocycles. The molecule has 0 aromatic heterocycles. The summed E-state index contributed by atoms with van der Waals surface area (Å²) in [6, 6.07) is 0. The molecule has 0 bridgehead atoms. The SMILES string of the molecule is O=C(O)[C@@H](O)[C@H]1O[C@H](O)[C@H](O)[C@H]1O.OCCNCCO. The summed E-state index contributed by atoms with van der Waals surface area (Å²) in [5.41, 5.74) is 0. The average molecular weight is 299 g/mol. The number of rotatable bonds is 6. The summed E-state index contributed by atoms with van der Waals surface area (Å²) in [6.45, 7) is 1.42. The minimum absolute atomic E-state index is 0.139. The monoisotopic (exact) mass is 299 g/mol. The van der Waals surface area contributed by atoms with E-state index in [4.69, 9.17) is 35.7 Å². The van der Waals surface area contributed by atoms with Gasteiger partial charge >= 0.3 is 5.97 Å². The summed E-state index contributed by atoms with van der Waals surface area (Å²) >= 11 is 0. The zero-order chi connectivity index (χ0) is 15.7. The first-order chi connectivity index (χ1) is 9.36. The number of ether oxygens (including phenoxy) is 1. The van der Waals surface area contributed by atoms with E-state index in [-0.39, 0.29) is 13.2 Å². The Kier molecular flexibility index (Phi) is 9.54. The van der Waals surface area contributed by atoms with Gasteiger partial charge in [-0.25, -0.2) is 4.79 Å². The van der Waals surface area contributed by atoms with E-state index >= 15 is 0 Å². The molecule has 1 fully saturated rings. The Morgan fingerprint density at radius 3 is 1.90 bits per heavy atom. The van der Waals surface area contributed by atoms with E-state index in [9.17, 15) is 4.79 Å². The van der Waals surface area contributed by atoms with Crippen LogP contribution in [0, 0.1) is 0 Å². The van der Waals surface area contributed by atoms with Crippen molar-refractivity contribution in [3.8, 4) is 0 Å². The summed E-state index contributed by atoms with van der Waals surface area (Å²) in [5.74, 6) is -1.59. The highest BCUT2D eigenvalue weighted by molar-refractivity contribution is 5.72. The van der Waals surface area contributed by atoms with E-state index in [1.54, 1.807) is 0 Å². The number of aliphatic hydroxyl groups is 6. The Morgan fingerprint density at radius 1 is 1.10 bits per heavy atom. The lowest BCUT2D eigenvalue weighted by Crippen LogP contribution is -2.42. The molecule has 1 aliphatic heterocycles. The van der Waals surface area contributed by atoms with Gasteiger partial charge in [0.15, 0.2) is 12.4 Å². The minimum Gasteiger partial charge on any atom is -0.479 e. The summed E-state index contributed by atoms with van der Waals surface area (Å²) in [7, 11) is 0. The van der Waals surface area contributed by atoms with E-state index in [0.29, 0.717) is 13.1 Å². The smallest absolute Gasteiger partial charge is 0.335 e. The van der Waals surface area contributed by atoms with E-state index in [1.807, 2.05) is 0 Å². The van der Waals surface area contributed by atoms with Crippen LogP contribution in [0.3, 0.4) is 0 Å². The van der Waals surface area contributed by atoms with Crippen LogP contribution >= 0.6 is 0 Å². The molecule has 5 atom stereocenters. The second-order valence-corrected chi connectivity index (χ2v) is 3.95. The van der Waals surface area contributed by atoms with Crippen LogP contribution in [0.2, 0.25) is 0 Å². The van der Waals surface area contributed by atoms with Gasteiger partial charge in [0.1, 0.15) is 18.3 Å². The first-order valence-corrected chi connectivity index (χ1v) is 5.89. The fourth-order valence-corrected chi connectivity index (χ4v) is 1.37. The van der Waals surface area contributed by atoms with Crippen LogP contribution in [0.5, 0.6) is 0 Å². The number of hydrogen-bond acceptors (Lipinski definition) is 9. The molecule has 1 heterocycles. The number of aliphatic carboxylic acids is 1. The molecule has 0 aromatic carbocycles. The van der Waals surface area contributed by atoms with E-state index < -0.39 is 36.7 Å².